The van der Waals surface area contributed by atoms with E-state index in [0.717, 1.165) is 16.8 Å². The van der Waals surface area contributed by atoms with E-state index in [1.807, 2.05) is 44.2 Å². The normalized spacial score (nSPS) is 10.2. The number of nitrogens with one attached hydrogen (secondary N) is 1. The molecule has 5 nitrogen and oxygen atoms in total. The number of ether oxygens (including phenoxy) is 1. The summed E-state index contributed by atoms with van der Waals surface area (Å²) in [7, 11) is 1.67. The molecule has 0 unspecified atom stereocenters. The van der Waals surface area contributed by atoms with Gasteiger partial charge in [-0.1, -0.05) is 30.3 Å². The molecule has 1 N–H and O–H groups in total. The van der Waals surface area contributed by atoms with E-state index in [1.54, 1.807) is 13.1 Å². The first-order valence-corrected chi connectivity index (χ1v) is 6.64. The predicted octanol–water partition coefficient (Wildman–Crippen LogP) is 2.75. The summed E-state index contributed by atoms with van der Waals surface area (Å²) in [6.45, 7) is 3.90. The Morgan fingerprint density at radius 2 is 1.90 bits per heavy atom. The average Bonchev–Trinajstić information content (AvgIpc) is 2.49. The van der Waals surface area contributed by atoms with E-state index in [1.165, 1.54) is 4.57 Å². The lowest BCUT2D eigenvalue weighted by Gasteiger charge is -2.11. The molecule has 0 saturated carbocycles. The number of pyridine rings is 1. The van der Waals surface area contributed by atoms with Gasteiger partial charge in [0.25, 0.3) is 5.56 Å². The first kappa shape index (κ1) is 14.8. The minimum absolute atomic E-state index is 0.165. The van der Waals surface area contributed by atoms with Crippen LogP contribution in [0.5, 0.6) is 0 Å². The molecule has 0 aliphatic heterocycles. The van der Waals surface area contributed by atoms with Crippen LogP contribution < -0.4 is 10.9 Å². The average molecular weight is 286 g/mol. The van der Waals surface area contributed by atoms with Crippen LogP contribution >= 0.6 is 0 Å². The Morgan fingerprint density at radius 1 is 1.24 bits per heavy atom. The van der Waals surface area contributed by atoms with E-state index in [-0.39, 0.29) is 17.9 Å². The first-order valence-electron chi connectivity index (χ1n) is 6.64. The van der Waals surface area contributed by atoms with E-state index in [4.69, 9.17) is 4.74 Å². The number of benzene rings is 1. The minimum Gasteiger partial charge on any atom is -0.444 e. The van der Waals surface area contributed by atoms with Gasteiger partial charge >= 0.3 is 6.09 Å². The van der Waals surface area contributed by atoms with Gasteiger partial charge in [-0.05, 0) is 31.0 Å². The van der Waals surface area contributed by atoms with Crippen LogP contribution in [-0.4, -0.2) is 10.7 Å². The fourth-order valence-electron chi connectivity index (χ4n) is 1.94. The third-order valence-electron chi connectivity index (χ3n) is 3.42. The van der Waals surface area contributed by atoms with Crippen LogP contribution in [0.15, 0.2) is 41.2 Å². The van der Waals surface area contributed by atoms with E-state index >= 15 is 0 Å². The summed E-state index contributed by atoms with van der Waals surface area (Å²) >= 11 is 0. The van der Waals surface area contributed by atoms with Crippen molar-refractivity contribution in [2.45, 2.75) is 20.5 Å². The quantitative estimate of drug-likeness (QED) is 0.943. The van der Waals surface area contributed by atoms with Gasteiger partial charge in [-0.15, -0.1) is 0 Å². The lowest BCUT2D eigenvalue weighted by atomic mass is 10.2. The molecule has 5 heteroatoms. The zero-order valence-corrected chi connectivity index (χ0v) is 12.3. The Hall–Kier alpha value is -2.56. The Bertz CT molecular complexity index is 705. The number of nitrogens with zero attached hydrogens (tertiary/aromatic N) is 1. The molecule has 0 aliphatic carbocycles. The summed E-state index contributed by atoms with van der Waals surface area (Å²) in [6, 6.07) is 11.0. The number of amides is 1. The monoisotopic (exact) mass is 286 g/mol. The topological polar surface area (TPSA) is 60.3 Å². The number of carbonyl (C=O) groups excluding carboxylic acids is 1. The largest absolute Gasteiger partial charge is 0.444 e. The molecule has 110 valence electrons. The highest BCUT2D eigenvalue weighted by Gasteiger charge is 2.10. The molecule has 1 aromatic heterocycles. The molecule has 2 rings (SSSR count). The maximum Gasteiger partial charge on any atom is 0.412 e. The van der Waals surface area contributed by atoms with Crippen LogP contribution in [0.4, 0.5) is 10.5 Å². The van der Waals surface area contributed by atoms with Gasteiger partial charge in [-0.25, -0.2) is 4.79 Å². The van der Waals surface area contributed by atoms with Gasteiger partial charge in [0.05, 0.1) is 0 Å². The van der Waals surface area contributed by atoms with Gasteiger partial charge in [0, 0.05) is 12.7 Å². The highest BCUT2D eigenvalue weighted by atomic mass is 16.5. The number of aromatic nitrogens is 1. The standard InChI is InChI=1S/C16H18N2O3/c1-11-9-14(15(19)18(3)12(11)2)17-16(20)21-10-13-7-5-4-6-8-13/h4-9H,10H2,1-3H3,(H,17,20). The highest BCUT2D eigenvalue weighted by Crippen LogP contribution is 2.09. The third kappa shape index (κ3) is 3.51. The van der Waals surface area contributed by atoms with Crippen LogP contribution in [-0.2, 0) is 18.4 Å². The van der Waals surface area contributed by atoms with Crippen molar-refractivity contribution in [3.05, 3.63) is 63.6 Å². The molecule has 0 saturated heterocycles. The summed E-state index contributed by atoms with van der Waals surface area (Å²) in [6.07, 6.45) is -0.640. The smallest absolute Gasteiger partial charge is 0.412 e. The van der Waals surface area contributed by atoms with Gasteiger partial charge in [0.2, 0.25) is 0 Å². The van der Waals surface area contributed by atoms with E-state index in [2.05, 4.69) is 5.32 Å². The summed E-state index contributed by atoms with van der Waals surface area (Å²) in [5, 5.41) is 2.49. The zero-order valence-electron chi connectivity index (χ0n) is 12.3. The molecule has 1 heterocycles. The molecule has 2 aromatic rings. The Balaban J connectivity index is 2.05. The number of anilines is 1. The van der Waals surface area contributed by atoms with Gasteiger partial charge in [0.15, 0.2) is 0 Å². The maximum atomic E-state index is 12.0. The molecular formula is C16H18N2O3. The van der Waals surface area contributed by atoms with Crippen molar-refractivity contribution >= 4 is 11.8 Å². The zero-order chi connectivity index (χ0) is 15.4. The molecule has 0 spiro atoms. The van der Waals surface area contributed by atoms with E-state index in [0.29, 0.717) is 0 Å². The molecular weight excluding hydrogens is 268 g/mol. The van der Waals surface area contributed by atoms with Crippen molar-refractivity contribution in [1.29, 1.82) is 0 Å². The van der Waals surface area contributed by atoms with Crippen molar-refractivity contribution in [3.8, 4) is 0 Å². The molecule has 0 atom stereocenters. The van der Waals surface area contributed by atoms with Gasteiger partial charge in [0.1, 0.15) is 12.3 Å². The molecule has 0 fully saturated rings. The number of carbonyl (C=O) groups is 1. The number of hydrogen-bond acceptors (Lipinski definition) is 3. The minimum atomic E-state index is -0.640. The fourth-order valence-corrected chi connectivity index (χ4v) is 1.94. The fraction of sp³-hybridized carbons (Fsp3) is 0.250. The SMILES string of the molecule is Cc1cc(NC(=O)OCc2ccccc2)c(=O)n(C)c1C. The molecule has 0 bridgehead atoms. The Morgan fingerprint density at radius 3 is 2.57 bits per heavy atom. The van der Waals surface area contributed by atoms with Gasteiger partial charge in [-0.2, -0.15) is 0 Å². The van der Waals surface area contributed by atoms with Crippen LogP contribution in [0.1, 0.15) is 16.8 Å². The van der Waals surface area contributed by atoms with Gasteiger partial charge < -0.3 is 9.30 Å². The summed E-state index contributed by atoms with van der Waals surface area (Å²) in [5.41, 5.74) is 2.65. The Labute approximate surface area is 123 Å². The third-order valence-corrected chi connectivity index (χ3v) is 3.42. The van der Waals surface area contributed by atoms with Gasteiger partial charge in [-0.3, -0.25) is 10.1 Å². The second kappa shape index (κ2) is 6.26. The van der Waals surface area contributed by atoms with Crippen molar-refractivity contribution < 1.29 is 9.53 Å². The van der Waals surface area contributed by atoms with Crippen molar-refractivity contribution in [1.82, 2.24) is 4.57 Å². The second-order valence-electron chi connectivity index (χ2n) is 4.88. The molecule has 0 aliphatic rings. The summed E-state index contributed by atoms with van der Waals surface area (Å²) in [5.74, 6) is 0. The number of hydrogen-bond donors (Lipinski definition) is 1. The molecule has 1 aromatic carbocycles. The highest BCUT2D eigenvalue weighted by molar-refractivity contribution is 5.84. The number of rotatable bonds is 3. The maximum absolute atomic E-state index is 12.0. The van der Waals surface area contributed by atoms with Crippen LogP contribution in [0.2, 0.25) is 0 Å². The van der Waals surface area contributed by atoms with E-state index in [9.17, 15) is 9.59 Å². The van der Waals surface area contributed by atoms with Crippen molar-refractivity contribution in [2.75, 3.05) is 5.32 Å². The predicted molar refractivity (Wildman–Crippen MR) is 81.4 cm³/mol. The second-order valence-corrected chi connectivity index (χ2v) is 4.88. The summed E-state index contributed by atoms with van der Waals surface area (Å²) in [4.78, 5) is 23.8. The molecule has 1 amide bonds. The van der Waals surface area contributed by atoms with Crippen molar-refractivity contribution in [3.63, 3.8) is 0 Å². The van der Waals surface area contributed by atoms with Crippen LogP contribution in [0.25, 0.3) is 0 Å². The van der Waals surface area contributed by atoms with Crippen LogP contribution in [0.3, 0.4) is 0 Å². The van der Waals surface area contributed by atoms with Crippen molar-refractivity contribution in [2.24, 2.45) is 7.05 Å². The lowest BCUT2D eigenvalue weighted by molar-refractivity contribution is 0.155. The summed E-state index contributed by atoms with van der Waals surface area (Å²) < 4.78 is 6.60. The van der Waals surface area contributed by atoms with Crippen LogP contribution in [0, 0.1) is 13.8 Å². The number of aryl methyl sites for hydroxylation is 1. The lowest BCUT2D eigenvalue weighted by Crippen LogP contribution is -2.26. The molecule has 0 radical (unpaired) electrons. The Kier molecular flexibility index (Phi) is 4.42. The first-order chi connectivity index (χ1) is 9.99. The van der Waals surface area contributed by atoms with E-state index < -0.39 is 6.09 Å². The molecule has 21 heavy (non-hydrogen) atoms.